The summed E-state index contributed by atoms with van der Waals surface area (Å²) in [4.78, 5) is 8.85. The zero-order chi connectivity index (χ0) is 30.8. The quantitative estimate of drug-likeness (QED) is 0.270. The molecule has 1 aromatic heterocycles. The minimum Gasteiger partial charge on any atom is -0.381 e. The molecule has 0 amide bonds. The lowest BCUT2D eigenvalue weighted by atomic mass is 9.58. The number of methoxy groups -OCH3 is 1. The van der Waals surface area contributed by atoms with Gasteiger partial charge in [0.05, 0.1) is 17.7 Å². The van der Waals surface area contributed by atoms with Crippen LogP contribution in [0.25, 0.3) is 0 Å². The predicted molar refractivity (Wildman–Crippen MR) is 164 cm³/mol. The molecule has 0 bridgehead atoms. The first-order chi connectivity index (χ1) is 21.4. The van der Waals surface area contributed by atoms with Crippen molar-refractivity contribution in [3.63, 3.8) is 0 Å². The molecule has 3 atom stereocenters. The maximum Gasteiger partial charge on any atom is 0.150 e. The van der Waals surface area contributed by atoms with Gasteiger partial charge in [0, 0.05) is 63.4 Å². The number of nitriles is 1. The second-order valence-electron chi connectivity index (χ2n) is 12.9. The van der Waals surface area contributed by atoms with Gasteiger partial charge < -0.3 is 19.1 Å². The van der Waals surface area contributed by atoms with E-state index in [-0.39, 0.29) is 34.5 Å². The fourth-order valence-corrected chi connectivity index (χ4v) is 8.54. The van der Waals surface area contributed by atoms with Crippen molar-refractivity contribution in [3.8, 4) is 6.07 Å². The van der Waals surface area contributed by atoms with Crippen molar-refractivity contribution in [1.29, 1.82) is 5.26 Å². The fraction of sp³-hybridized carbons (Fsp3) is 0.543. The third-order valence-corrected chi connectivity index (χ3v) is 10.6. The van der Waals surface area contributed by atoms with Gasteiger partial charge in [-0.2, -0.15) is 5.26 Å². The van der Waals surface area contributed by atoms with Crippen molar-refractivity contribution in [3.05, 3.63) is 83.2 Å². The topological polar surface area (TPSA) is 57.3 Å². The summed E-state index contributed by atoms with van der Waals surface area (Å²) in [6.45, 7) is 6.77. The third kappa shape index (κ3) is 5.75. The number of piperidine rings is 1. The van der Waals surface area contributed by atoms with Crippen molar-refractivity contribution in [2.24, 2.45) is 17.8 Å². The molecule has 3 heterocycles. The van der Waals surface area contributed by atoms with Gasteiger partial charge in [-0.1, -0.05) is 25.5 Å². The van der Waals surface area contributed by atoms with Crippen molar-refractivity contribution < 1.29 is 17.9 Å². The lowest BCUT2D eigenvalue weighted by molar-refractivity contribution is -0.00941. The largest absolute Gasteiger partial charge is 0.381 e. The summed E-state index contributed by atoms with van der Waals surface area (Å²) in [5.41, 5.74) is 0.704. The zero-order valence-corrected chi connectivity index (χ0v) is 25.7. The molecule has 2 aliphatic heterocycles. The molecule has 0 radical (unpaired) electrons. The highest BCUT2D eigenvalue weighted by Gasteiger charge is 2.52. The van der Waals surface area contributed by atoms with Gasteiger partial charge in [-0.15, -0.1) is 0 Å². The van der Waals surface area contributed by atoms with Crippen LogP contribution in [0.2, 0.25) is 0 Å². The Morgan fingerprint density at radius 1 is 1.05 bits per heavy atom. The standard InChI is InChI=1S/C35H42F3N5O/c1-3-33-40-12-15-42(33)23-35(27-6-4-7-28(36)18-27,29-8-5-9-32(29)44-2)26-10-13-41(14-11-26)20-25-21-43(22-25)34-30(37)16-24(19-39)17-31(34)38/h4,6-7,12,15-18,25-26,29,32H,3,5,8-11,13-14,20-23H2,1-2H3/t29-,32-,35-/m0/s1. The smallest absolute Gasteiger partial charge is 0.150 e. The molecular formula is C35H42F3N5O. The summed E-state index contributed by atoms with van der Waals surface area (Å²) in [5, 5.41) is 9.00. The van der Waals surface area contributed by atoms with Crippen LogP contribution in [0.4, 0.5) is 18.9 Å². The van der Waals surface area contributed by atoms with Gasteiger partial charge in [0.1, 0.15) is 17.3 Å². The summed E-state index contributed by atoms with van der Waals surface area (Å²) in [5.74, 6) is 0.380. The van der Waals surface area contributed by atoms with E-state index in [0.717, 1.165) is 88.2 Å². The Hall–Kier alpha value is -3.35. The van der Waals surface area contributed by atoms with Crippen molar-refractivity contribution in [2.45, 2.75) is 63.5 Å². The van der Waals surface area contributed by atoms with E-state index in [4.69, 9.17) is 10.00 Å². The molecule has 6 rings (SSSR count). The van der Waals surface area contributed by atoms with E-state index in [9.17, 15) is 13.2 Å². The monoisotopic (exact) mass is 605 g/mol. The molecule has 1 aliphatic carbocycles. The maximum absolute atomic E-state index is 14.9. The van der Waals surface area contributed by atoms with Crippen LogP contribution >= 0.6 is 0 Å². The van der Waals surface area contributed by atoms with E-state index in [2.05, 4.69) is 33.6 Å². The van der Waals surface area contributed by atoms with Crippen LogP contribution < -0.4 is 4.90 Å². The average Bonchev–Trinajstić information content (AvgIpc) is 3.68. The van der Waals surface area contributed by atoms with E-state index in [1.165, 1.54) is 6.07 Å². The normalized spacial score (nSPS) is 23.0. The molecule has 0 N–H and O–H groups in total. The molecule has 1 saturated carbocycles. The lowest BCUT2D eigenvalue weighted by Gasteiger charge is -2.51. The zero-order valence-electron chi connectivity index (χ0n) is 25.7. The van der Waals surface area contributed by atoms with Gasteiger partial charge in [-0.25, -0.2) is 18.2 Å². The first-order valence-corrected chi connectivity index (χ1v) is 16.0. The number of hydrogen-bond donors (Lipinski definition) is 0. The van der Waals surface area contributed by atoms with Crippen LogP contribution in [0.5, 0.6) is 0 Å². The first-order valence-electron chi connectivity index (χ1n) is 16.0. The van der Waals surface area contributed by atoms with E-state index in [1.54, 1.807) is 17.0 Å². The predicted octanol–water partition coefficient (Wildman–Crippen LogP) is 6.34. The molecule has 3 aromatic rings. The molecule has 2 aromatic carbocycles. The second-order valence-corrected chi connectivity index (χ2v) is 12.9. The third-order valence-electron chi connectivity index (χ3n) is 10.6. The molecule has 3 fully saturated rings. The Morgan fingerprint density at radius 3 is 2.45 bits per heavy atom. The number of benzene rings is 2. The van der Waals surface area contributed by atoms with Crippen LogP contribution in [0.15, 0.2) is 48.8 Å². The summed E-state index contributed by atoms with van der Waals surface area (Å²) >= 11 is 0. The first kappa shape index (κ1) is 30.7. The molecule has 3 aliphatic rings. The van der Waals surface area contributed by atoms with Crippen LogP contribution in [0, 0.1) is 46.5 Å². The number of nitrogens with zero attached hydrogens (tertiary/aromatic N) is 5. The molecule has 234 valence electrons. The SMILES string of the molecule is CCc1nccn1C[C@@](c1cccc(F)c1)(C1CCN(CC2CN(c3c(F)cc(C#N)cc3F)C2)CC1)[C@H]1CCC[C@@H]1OC. The van der Waals surface area contributed by atoms with E-state index in [0.29, 0.717) is 24.9 Å². The number of rotatable bonds is 10. The van der Waals surface area contributed by atoms with Crippen LogP contribution in [-0.2, 0) is 23.1 Å². The highest BCUT2D eigenvalue weighted by atomic mass is 19.1. The number of halogens is 3. The second kappa shape index (κ2) is 12.9. The van der Waals surface area contributed by atoms with Gasteiger partial charge in [-0.3, -0.25) is 0 Å². The molecule has 0 spiro atoms. The molecule has 6 nitrogen and oxygen atoms in total. The number of aromatic nitrogens is 2. The van der Waals surface area contributed by atoms with Gasteiger partial charge in [-0.05, 0) is 80.4 Å². The van der Waals surface area contributed by atoms with E-state index in [1.807, 2.05) is 19.4 Å². The summed E-state index contributed by atoms with van der Waals surface area (Å²) in [7, 11) is 1.81. The number of anilines is 1. The number of imidazole rings is 1. The van der Waals surface area contributed by atoms with Crippen molar-refractivity contribution in [2.75, 3.05) is 44.7 Å². The van der Waals surface area contributed by atoms with Gasteiger partial charge in [0.25, 0.3) is 0 Å². The Labute approximate surface area is 258 Å². The van der Waals surface area contributed by atoms with Crippen molar-refractivity contribution >= 4 is 5.69 Å². The van der Waals surface area contributed by atoms with Crippen LogP contribution in [-0.4, -0.2) is 60.4 Å². The summed E-state index contributed by atoms with van der Waals surface area (Å²) in [6, 6.07) is 11.3. The van der Waals surface area contributed by atoms with E-state index >= 15 is 0 Å². The maximum atomic E-state index is 14.9. The Balaban J connectivity index is 1.21. The van der Waals surface area contributed by atoms with Gasteiger partial charge in [0.2, 0.25) is 0 Å². The van der Waals surface area contributed by atoms with Crippen molar-refractivity contribution in [1.82, 2.24) is 14.5 Å². The molecule has 44 heavy (non-hydrogen) atoms. The summed E-state index contributed by atoms with van der Waals surface area (Å²) < 4.78 is 52.4. The molecule has 0 unspecified atom stereocenters. The average molecular weight is 606 g/mol. The molecular weight excluding hydrogens is 563 g/mol. The van der Waals surface area contributed by atoms with Crippen LogP contribution in [0.3, 0.4) is 0 Å². The lowest BCUT2D eigenvalue weighted by Crippen LogP contribution is -2.55. The minimum absolute atomic E-state index is 0.00797. The Bertz CT molecular complexity index is 1470. The fourth-order valence-electron chi connectivity index (χ4n) is 8.54. The van der Waals surface area contributed by atoms with E-state index < -0.39 is 11.6 Å². The molecule has 2 saturated heterocycles. The Kier molecular flexibility index (Phi) is 9.02. The van der Waals surface area contributed by atoms with Crippen LogP contribution in [0.1, 0.15) is 56.0 Å². The molecule has 9 heteroatoms. The Morgan fingerprint density at radius 2 is 1.80 bits per heavy atom. The number of aryl methyl sites for hydroxylation is 1. The van der Waals surface area contributed by atoms with Gasteiger partial charge in [0.15, 0.2) is 11.6 Å². The number of hydrogen-bond acceptors (Lipinski definition) is 5. The highest BCUT2D eigenvalue weighted by Crippen LogP contribution is 2.52. The summed E-state index contributed by atoms with van der Waals surface area (Å²) in [6.07, 6.45) is 10.0. The van der Waals surface area contributed by atoms with Gasteiger partial charge >= 0.3 is 0 Å². The number of likely N-dealkylation sites (tertiary alicyclic amines) is 1. The number of ether oxygens (including phenoxy) is 1. The minimum atomic E-state index is -0.681. The highest BCUT2D eigenvalue weighted by molar-refractivity contribution is 5.54.